The monoisotopic (exact) mass is 422 g/mol. The molecular formula is C24H30N4OS. The van der Waals surface area contributed by atoms with E-state index in [9.17, 15) is 4.79 Å². The molecule has 1 atom stereocenters. The third-order valence-corrected chi connectivity index (χ3v) is 6.19. The van der Waals surface area contributed by atoms with E-state index in [4.69, 9.17) is 0 Å². The van der Waals surface area contributed by atoms with Crippen LogP contribution >= 0.6 is 11.8 Å². The summed E-state index contributed by atoms with van der Waals surface area (Å²) in [5.41, 5.74) is 3.63. The Balaban J connectivity index is 1.59. The van der Waals surface area contributed by atoms with Gasteiger partial charge in [0.1, 0.15) is 0 Å². The SMILES string of the molecule is C[C@@H](Sc1nnc(-c2ccc(C(C)(C)C)cc2)n1C)C(=O)NCCc1ccccc1. The average Bonchev–Trinajstić information content (AvgIpc) is 3.08. The van der Waals surface area contributed by atoms with Crippen molar-refractivity contribution in [2.45, 2.75) is 49.9 Å². The molecule has 158 valence electrons. The Labute approximate surface area is 183 Å². The first kappa shape index (κ1) is 22.1. The molecule has 2 aromatic carbocycles. The van der Waals surface area contributed by atoms with Crippen molar-refractivity contribution in [1.82, 2.24) is 20.1 Å². The molecule has 30 heavy (non-hydrogen) atoms. The van der Waals surface area contributed by atoms with Crippen molar-refractivity contribution in [3.8, 4) is 11.4 Å². The molecule has 0 saturated heterocycles. The lowest BCUT2D eigenvalue weighted by Crippen LogP contribution is -2.32. The highest BCUT2D eigenvalue weighted by Gasteiger charge is 2.20. The highest BCUT2D eigenvalue weighted by atomic mass is 32.2. The van der Waals surface area contributed by atoms with Gasteiger partial charge in [0.15, 0.2) is 11.0 Å². The number of hydrogen-bond donors (Lipinski definition) is 1. The summed E-state index contributed by atoms with van der Waals surface area (Å²) in [5, 5.41) is 12.2. The number of thioether (sulfide) groups is 1. The van der Waals surface area contributed by atoms with E-state index >= 15 is 0 Å². The summed E-state index contributed by atoms with van der Waals surface area (Å²) in [7, 11) is 1.94. The van der Waals surface area contributed by atoms with Crippen LogP contribution in [0.2, 0.25) is 0 Å². The van der Waals surface area contributed by atoms with E-state index in [1.54, 1.807) is 0 Å². The third-order valence-electron chi connectivity index (χ3n) is 5.05. The van der Waals surface area contributed by atoms with E-state index in [1.807, 2.05) is 36.7 Å². The molecule has 0 unspecified atom stereocenters. The van der Waals surface area contributed by atoms with Crippen LogP contribution in [0.1, 0.15) is 38.8 Å². The van der Waals surface area contributed by atoms with Crippen LogP contribution in [0.5, 0.6) is 0 Å². The maximum Gasteiger partial charge on any atom is 0.233 e. The summed E-state index contributed by atoms with van der Waals surface area (Å²) in [4.78, 5) is 12.5. The van der Waals surface area contributed by atoms with Crippen molar-refractivity contribution in [2.24, 2.45) is 7.05 Å². The van der Waals surface area contributed by atoms with Crippen LogP contribution in [-0.2, 0) is 23.7 Å². The summed E-state index contributed by atoms with van der Waals surface area (Å²) in [5.74, 6) is 0.810. The summed E-state index contributed by atoms with van der Waals surface area (Å²) < 4.78 is 1.95. The first-order chi connectivity index (χ1) is 14.3. The van der Waals surface area contributed by atoms with Gasteiger partial charge in [-0.05, 0) is 29.9 Å². The van der Waals surface area contributed by atoms with Gasteiger partial charge in [-0.15, -0.1) is 10.2 Å². The first-order valence-electron chi connectivity index (χ1n) is 10.2. The van der Waals surface area contributed by atoms with E-state index in [1.165, 1.54) is 22.9 Å². The number of nitrogens with zero attached hydrogens (tertiary/aromatic N) is 3. The predicted octanol–water partition coefficient (Wildman–Crippen LogP) is 4.62. The lowest BCUT2D eigenvalue weighted by Gasteiger charge is -2.19. The number of nitrogens with one attached hydrogen (secondary N) is 1. The van der Waals surface area contributed by atoms with Crippen molar-refractivity contribution in [3.63, 3.8) is 0 Å². The van der Waals surface area contributed by atoms with Crippen molar-refractivity contribution < 1.29 is 4.79 Å². The van der Waals surface area contributed by atoms with E-state index in [-0.39, 0.29) is 16.6 Å². The Kier molecular flexibility index (Phi) is 6.98. The lowest BCUT2D eigenvalue weighted by molar-refractivity contribution is -0.120. The molecule has 5 nitrogen and oxygen atoms in total. The zero-order valence-electron chi connectivity index (χ0n) is 18.3. The fourth-order valence-electron chi connectivity index (χ4n) is 3.12. The fourth-order valence-corrected chi connectivity index (χ4v) is 3.96. The van der Waals surface area contributed by atoms with Gasteiger partial charge < -0.3 is 9.88 Å². The Hall–Kier alpha value is -2.60. The molecule has 0 bridgehead atoms. The van der Waals surface area contributed by atoms with Crippen LogP contribution in [0.25, 0.3) is 11.4 Å². The molecule has 6 heteroatoms. The standard InChI is InChI=1S/C24H30N4OS/c1-17(22(29)25-16-15-18-9-7-6-8-10-18)30-23-27-26-21(28(23)5)19-11-13-20(14-12-19)24(2,3)4/h6-14,17H,15-16H2,1-5H3,(H,25,29)/t17-/m1/s1. The van der Waals surface area contributed by atoms with Crippen LogP contribution in [0, 0.1) is 0 Å². The zero-order valence-corrected chi connectivity index (χ0v) is 19.2. The molecule has 0 aliphatic rings. The Morgan fingerprint density at radius 2 is 1.73 bits per heavy atom. The van der Waals surface area contributed by atoms with Gasteiger partial charge >= 0.3 is 0 Å². The maximum atomic E-state index is 12.5. The van der Waals surface area contributed by atoms with Crippen LogP contribution < -0.4 is 5.32 Å². The predicted molar refractivity (Wildman–Crippen MR) is 124 cm³/mol. The summed E-state index contributed by atoms with van der Waals surface area (Å²) in [6.07, 6.45) is 0.822. The van der Waals surface area contributed by atoms with Crippen LogP contribution in [0.4, 0.5) is 0 Å². The summed E-state index contributed by atoms with van der Waals surface area (Å²) in [6.45, 7) is 9.12. The minimum absolute atomic E-state index is 0.00927. The van der Waals surface area contributed by atoms with Gasteiger partial charge in [0.05, 0.1) is 5.25 Å². The zero-order chi connectivity index (χ0) is 21.7. The molecule has 1 amide bonds. The van der Waals surface area contributed by atoms with E-state index in [0.717, 1.165) is 23.0 Å². The second-order valence-electron chi connectivity index (χ2n) is 8.48. The number of carbonyl (C=O) groups excluding carboxylic acids is 1. The van der Waals surface area contributed by atoms with Gasteiger partial charge in [-0.1, -0.05) is 87.1 Å². The second kappa shape index (κ2) is 9.47. The number of hydrogen-bond acceptors (Lipinski definition) is 4. The quantitative estimate of drug-likeness (QED) is 0.565. The Morgan fingerprint density at radius 3 is 2.37 bits per heavy atom. The number of amides is 1. The van der Waals surface area contributed by atoms with Gasteiger partial charge in [0.2, 0.25) is 5.91 Å². The van der Waals surface area contributed by atoms with Gasteiger partial charge in [-0.3, -0.25) is 4.79 Å². The smallest absolute Gasteiger partial charge is 0.233 e. The van der Waals surface area contributed by atoms with Crippen molar-refractivity contribution in [1.29, 1.82) is 0 Å². The Bertz CT molecular complexity index is 975. The van der Waals surface area contributed by atoms with Gasteiger partial charge in [0, 0.05) is 19.2 Å². The highest BCUT2D eigenvalue weighted by Crippen LogP contribution is 2.28. The average molecular weight is 423 g/mol. The molecular weight excluding hydrogens is 392 g/mol. The minimum atomic E-state index is -0.250. The van der Waals surface area contributed by atoms with E-state index in [0.29, 0.717) is 6.54 Å². The van der Waals surface area contributed by atoms with Crippen LogP contribution in [0.15, 0.2) is 59.8 Å². The number of benzene rings is 2. The molecule has 0 aliphatic heterocycles. The lowest BCUT2D eigenvalue weighted by atomic mass is 9.87. The maximum absolute atomic E-state index is 12.5. The fraction of sp³-hybridized carbons (Fsp3) is 0.375. The highest BCUT2D eigenvalue weighted by molar-refractivity contribution is 8.00. The topological polar surface area (TPSA) is 59.8 Å². The van der Waals surface area contributed by atoms with Gasteiger partial charge in [-0.2, -0.15) is 0 Å². The molecule has 3 rings (SSSR count). The summed E-state index contributed by atoms with van der Waals surface area (Å²) >= 11 is 1.42. The normalized spacial score (nSPS) is 12.6. The molecule has 0 saturated carbocycles. The van der Waals surface area contributed by atoms with Crippen LogP contribution in [0.3, 0.4) is 0 Å². The third kappa shape index (κ3) is 5.51. The molecule has 1 heterocycles. The second-order valence-corrected chi connectivity index (χ2v) is 9.79. The molecule has 0 aliphatic carbocycles. The Morgan fingerprint density at radius 1 is 1.07 bits per heavy atom. The molecule has 1 N–H and O–H groups in total. The van der Waals surface area contributed by atoms with Crippen molar-refractivity contribution in [3.05, 3.63) is 65.7 Å². The molecule has 0 fully saturated rings. The summed E-state index contributed by atoms with van der Waals surface area (Å²) in [6, 6.07) is 18.6. The van der Waals surface area contributed by atoms with E-state index < -0.39 is 0 Å². The van der Waals surface area contributed by atoms with Gasteiger partial charge in [0.25, 0.3) is 0 Å². The first-order valence-corrected chi connectivity index (χ1v) is 11.1. The van der Waals surface area contributed by atoms with Crippen molar-refractivity contribution in [2.75, 3.05) is 6.54 Å². The van der Waals surface area contributed by atoms with Crippen molar-refractivity contribution >= 4 is 17.7 Å². The molecule has 0 radical (unpaired) electrons. The van der Waals surface area contributed by atoms with Gasteiger partial charge in [-0.25, -0.2) is 0 Å². The number of aromatic nitrogens is 3. The minimum Gasteiger partial charge on any atom is -0.355 e. The molecule has 0 spiro atoms. The molecule has 3 aromatic rings. The van der Waals surface area contributed by atoms with Crippen LogP contribution in [-0.4, -0.2) is 32.5 Å². The number of carbonyl (C=O) groups is 1. The molecule has 1 aromatic heterocycles. The number of rotatable bonds is 7. The largest absolute Gasteiger partial charge is 0.355 e. The van der Waals surface area contributed by atoms with E-state index in [2.05, 4.69) is 72.7 Å².